The van der Waals surface area contributed by atoms with E-state index in [1.165, 1.54) is 0 Å². The number of nitrogens with zero attached hydrogens (tertiary/aromatic N) is 1. The van der Waals surface area contributed by atoms with Crippen LogP contribution >= 0.6 is 27.3 Å². The van der Waals surface area contributed by atoms with E-state index in [9.17, 15) is 4.79 Å². The Morgan fingerprint density at radius 1 is 1.45 bits per heavy atom. The van der Waals surface area contributed by atoms with Crippen molar-refractivity contribution in [1.82, 2.24) is 15.5 Å². The SMILES string of the molecule is Cc1ccc2[nH]nc(C(=O)NCc3cc(Br)cs3)c2c1. The van der Waals surface area contributed by atoms with Gasteiger partial charge in [0.2, 0.25) is 0 Å². The average Bonchev–Trinajstić information content (AvgIpc) is 3.02. The number of halogens is 1. The molecule has 1 amide bonds. The van der Waals surface area contributed by atoms with Crippen molar-refractivity contribution in [2.75, 3.05) is 0 Å². The zero-order valence-electron chi connectivity index (χ0n) is 10.7. The van der Waals surface area contributed by atoms with Crippen molar-refractivity contribution in [2.45, 2.75) is 13.5 Å². The van der Waals surface area contributed by atoms with Crippen LogP contribution in [0.25, 0.3) is 10.9 Å². The summed E-state index contributed by atoms with van der Waals surface area (Å²) in [6, 6.07) is 7.89. The van der Waals surface area contributed by atoms with Crippen LogP contribution in [0.2, 0.25) is 0 Å². The molecule has 20 heavy (non-hydrogen) atoms. The summed E-state index contributed by atoms with van der Waals surface area (Å²) in [6.07, 6.45) is 0. The molecule has 0 fully saturated rings. The summed E-state index contributed by atoms with van der Waals surface area (Å²) in [5.74, 6) is -0.161. The molecule has 1 aromatic carbocycles. The van der Waals surface area contributed by atoms with Gasteiger partial charge in [-0.05, 0) is 41.1 Å². The highest BCUT2D eigenvalue weighted by Gasteiger charge is 2.14. The predicted molar refractivity (Wildman–Crippen MR) is 84.0 cm³/mol. The molecule has 0 aliphatic heterocycles. The number of thiophene rings is 1. The number of nitrogens with one attached hydrogen (secondary N) is 2. The van der Waals surface area contributed by atoms with E-state index in [2.05, 4.69) is 31.4 Å². The zero-order valence-corrected chi connectivity index (χ0v) is 13.1. The molecule has 3 aromatic rings. The van der Waals surface area contributed by atoms with Gasteiger partial charge in [-0.25, -0.2) is 0 Å². The first-order chi connectivity index (χ1) is 9.63. The molecule has 0 radical (unpaired) electrons. The topological polar surface area (TPSA) is 57.8 Å². The quantitative estimate of drug-likeness (QED) is 0.758. The Labute approximate surface area is 128 Å². The van der Waals surface area contributed by atoms with Crippen LogP contribution in [-0.4, -0.2) is 16.1 Å². The Hall–Kier alpha value is -1.66. The van der Waals surface area contributed by atoms with E-state index < -0.39 is 0 Å². The Balaban J connectivity index is 1.80. The van der Waals surface area contributed by atoms with Gasteiger partial charge >= 0.3 is 0 Å². The van der Waals surface area contributed by atoms with Crippen molar-refractivity contribution >= 4 is 44.1 Å². The Kier molecular flexibility index (Phi) is 3.58. The number of amides is 1. The van der Waals surface area contributed by atoms with Crippen LogP contribution < -0.4 is 5.32 Å². The van der Waals surface area contributed by atoms with Gasteiger partial charge in [0, 0.05) is 20.1 Å². The molecule has 0 aliphatic carbocycles. The van der Waals surface area contributed by atoms with Crippen LogP contribution in [0.1, 0.15) is 20.9 Å². The maximum atomic E-state index is 12.2. The maximum Gasteiger partial charge on any atom is 0.272 e. The lowest BCUT2D eigenvalue weighted by Gasteiger charge is -2.01. The minimum atomic E-state index is -0.161. The lowest BCUT2D eigenvalue weighted by atomic mass is 10.1. The number of hydrogen-bond donors (Lipinski definition) is 2. The minimum Gasteiger partial charge on any atom is -0.346 e. The fraction of sp³-hybridized carbons (Fsp3) is 0.143. The lowest BCUT2D eigenvalue weighted by molar-refractivity contribution is 0.0948. The standard InChI is InChI=1S/C14H12BrN3OS/c1-8-2-3-12-11(4-8)13(18-17-12)14(19)16-6-10-5-9(15)7-20-10/h2-5,7H,6H2,1H3,(H,16,19)(H,17,18). The molecule has 2 heterocycles. The van der Waals surface area contributed by atoms with Crippen LogP contribution in [0.15, 0.2) is 34.1 Å². The number of aryl methyl sites for hydroxylation is 1. The van der Waals surface area contributed by atoms with Crippen molar-refractivity contribution in [3.05, 3.63) is 50.3 Å². The Bertz CT molecular complexity index is 778. The van der Waals surface area contributed by atoms with E-state index in [-0.39, 0.29) is 5.91 Å². The number of H-pyrrole nitrogens is 1. The zero-order chi connectivity index (χ0) is 14.1. The summed E-state index contributed by atoms with van der Waals surface area (Å²) < 4.78 is 1.03. The van der Waals surface area contributed by atoms with Gasteiger partial charge in [-0.1, -0.05) is 11.6 Å². The fourth-order valence-corrected chi connectivity index (χ4v) is 3.39. The van der Waals surface area contributed by atoms with Gasteiger partial charge in [-0.15, -0.1) is 11.3 Å². The number of carbonyl (C=O) groups excluding carboxylic acids is 1. The van der Waals surface area contributed by atoms with E-state index >= 15 is 0 Å². The third-order valence-corrected chi connectivity index (χ3v) is 4.68. The van der Waals surface area contributed by atoms with Crippen molar-refractivity contribution in [3.63, 3.8) is 0 Å². The summed E-state index contributed by atoms with van der Waals surface area (Å²) in [5, 5.41) is 12.7. The lowest BCUT2D eigenvalue weighted by Crippen LogP contribution is -2.22. The number of aromatic amines is 1. The largest absolute Gasteiger partial charge is 0.346 e. The van der Waals surface area contributed by atoms with E-state index in [4.69, 9.17) is 0 Å². The number of benzene rings is 1. The smallest absolute Gasteiger partial charge is 0.272 e. The highest BCUT2D eigenvalue weighted by atomic mass is 79.9. The number of carbonyl (C=O) groups is 1. The fourth-order valence-electron chi connectivity index (χ4n) is 2.00. The van der Waals surface area contributed by atoms with Gasteiger partial charge in [0.15, 0.2) is 5.69 Å². The van der Waals surface area contributed by atoms with Gasteiger partial charge in [-0.3, -0.25) is 9.89 Å². The summed E-state index contributed by atoms with van der Waals surface area (Å²) in [7, 11) is 0. The molecular formula is C14H12BrN3OS. The second-order valence-electron chi connectivity index (χ2n) is 4.54. The molecule has 0 aliphatic rings. The van der Waals surface area contributed by atoms with E-state index in [0.717, 1.165) is 25.8 Å². The molecule has 2 aromatic heterocycles. The summed E-state index contributed by atoms with van der Waals surface area (Å²) in [5.41, 5.74) is 2.43. The molecule has 4 nitrogen and oxygen atoms in total. The van der Waals surface area contributed by atoms with Crippen molar-refractivity contribution < 1.29 is 4.79 Å². The first kappa shape index (κ1) is 13.3. The first-order valence-electron chi connectivity index (χ1n) is 6.09. The molecule has 0 unspecified atom stereocenters. The van der Waals surface area contributed by atoms with E-state index in [1.807, 2.05) is 36.6 Å². The van der Waals surface area contributed by atoms with Crippen molar-refractivity contribution in [3.8, 4) is 0 Å². The monoisotopic (exact) mass is 349 g/mol. The molecule has 0 saturated heterocycles. The Morgan fingerprint density at radius 2 is 2.30 bits per heavy atom. The highest BCUT2D eigenvalue weighted by molar-refractivity contribution is 9.10. The molecule has 0 atom stereocenters. The summed E-state index contributed by atoms with van der Waals surface area (Å²) >= 11 is 5.00. The van der Waals surface area contributed by atoms with Crippen molar-refractivity contribution in [1.29, 1.82) is 0 Å². The van der Waals surface area contributed by atoms with Gasteiger partial charge in [0.1, 0.15) is 0 Å². The normalized spacial score (nSPS) is 10.9. The Morgan fingerprint density at radius 3 is 3.05 bits per heavy atom. The summed E-state index contributed by atoms with van der Waals surface area (Å²) in [6.45, 7) is 2.51. The van der Waals surface area contributed by atoms with Gasteiger partial charge in [0.25, 0.3) is 5.91 Å². The van der Waals surface area contributed by atoms with Crippen molar-refractivity contribution in [2.24, 2.45) is 0 Å². The molecular weight excluding hydrogens is 338 g/mol. The number of aromatic nitrogens is 2. The third kappa shape index (κ3) is 2.62. The van der Waals surface area contributed by atoms with Crippen LogP contribution in [0, 0.1) is 6.92 Å². The first-order valence-corrected chi connectivity index (χ1v) is 7.76. The highest BCUT2D eigenvalue weighted by Crippen LogP contribution is 2.20. The summed E-state index contributed by atoms with van der Waals surface area (Å²) in [4.78, 5) is 13.3. The molecule has 6 heteroatoms. The van der Waals surface area contributed by atoms with Crippen LogP contribution in [-0.2, 0) is 6.54 Å². The van der Waals surface area contributed by atoms with E-state index in [1.54, 1.807) is 11.3 Å². The van der Waals surface area contributed by atoms with Crippen LogP contribution in [0.4, 0.5) is 0 Å². The van der Waals surface area contributed by atoms with Gasteiger partial charge in [0.05, 0.1) is 12.1 Å². The third-order valence-electron chi connectivity index (χ3n) is 2.98. The molecule has 102 valence electrons. The molecule has 3 rings (SSSR count). The predicted octanol–water partition coefficient (Wildman–Crippen LogP) is 3.63. The second kappa shape index (κ2) is 5.38. The van der Waals surface area contributed by atoms with Crippen LogP contribution in [0.3, 0.4) is 0 Å². The van der Waals surface area contributed by atoms with E-state index in [0.29, 0.717) is 12.2 Å². The van der Waals surface area contributed by atoms with Gasteiger partial charge in [-0.2, -0.15) is 5.10 Å². The second-order valence-corrected chi connectivity index (χ2v) is 6.45. The van der Waals surface area contributed by atoms with Crippen LogP contribution in [0.5, 0.6) is 0 Å². The average molecular weight is 350 g/mol. The van der Waals surface area contributed by atoms with Gasteiger partial charge < -0.3 is 5.32 Å². The number of fused-ring (bicyclic) bond motifs is 1. The number of hydrogen-bond acceptors (Lipinski definition) is 3. The number of rotatable bonds is 3. The maximum absolute atomic E-state index is 12.2. The molecule has 0 saturated carbocycles. The minimum absolute atomic E-state index is 0.161. The molecule has 2 N–H and O–H groups in total. The molecule has 0 spiro atoms. The molecule has 0 bridgehead atoms.